The summed E-state index contributed by atoms with van der Waals surface area (Å²) in [5, 5.41) is 2.06. The van der Waals surface area contributed by atoms with Crippen LogP contribution in [0.15, 0.2) is 15.2 Å². The van der Waals surface area contributed by atoms with Crippen molar-refractivity contribution >= 4 is 33.6 Å². The molecule has 0 radical (unpaired) electrons. The zero-order chi connectivity index (χ0) is 7.40. The number of carbonyl (C=O) groups excluding carboxylic acids is 1. The Labute approximate surface area is 72.2 Å². The van der Waals surface area contributed by atoms with Crippen molar-refractivity contribution in [3.8, 4) is 0 Å². The Hall–Kier alpha value is -0.150. The molecule has 1 nitrogen and oxygen atoms in total. The smallest absolute Gasteiger partial charge is 0.120 e. The molecule has 0 N–H and O–H groups in total. The largest absolute Gasteiger partial charge is 0.303 e. The molecular weight excluding hydrogens is 212 g/mol. The van der Waals surface area contributed by atoms with Gasteiger partial charge in [0.15, 0.2) is 0 Å². The Balaban J connectivity index is 2.49. The first-order valence-corrected chi connectivity index (χ1v) is 4.66. The summed E-state index contributed by atoms with van der Waals surface area (Å²) in [6.07, 6.45) is 2.44. The fraction of sp³-hybridized carbons (Fsp3) is 0.286. The van der Waals surface area contributed by atoms with Crippen LogP contribution < -0.4 is 0 Å². The summed E-state index contributed by atoms with van der Waals surface area (Å²) in [6.45, 7) is 0. The molecule has 1 heterocycles. The van der Waals surface area contributed by atoms with Gasteiger partial charge in [-0.05, 0) is 39.4 Å². The second-order valence-electron chi connectivity index (χ2n) is 1.96. The van der Waals surface area contributed by atoms with E-state index in [1.54, 1.807) is 11.3 Å². The third kappa shape index (κ3) is 2.23. The third-order valence-corrected chi connectivity index (χ3v) is 2.73. The van der Waals surface area contributed by atoms with E-state index < -0.39 is 0 Å². The van der Waals surface area contributed by atoms with E-state index in [1.807, 2.05) is 6.07 Å². The molecule has 0 amide bonds. The van der Waals surface area contributed by atoms with E-state index in [0.717, 1.165) is 16.5 Å². The standard InChI is InChI=1S/C7H7BrOS/c8-7-4-6(5-10-7)2-1-3-9/h3-5H,1-2H2. The van der Waals surface area contributed by atoms with Crippen LogP contribution in [0.4, 0.5) is 0 Å². The number of thiophene rings is 1. The summed E-state index contributed by atoms with van der Waals surface area (Å²) in [6, 6.07) is 2.05. The van der Waals surface area contributed by atoms with Crippen LogP contribution in [0.2, 0.25) is 0 Å². The molecule has 0 aliphatic rings. The topological polar surface area (TPSA) is 17.1 Å². The van der Waals surface area contributed by atoms with Crippen molar-refractivity contribution in [3.05, 3.63) is 20.8 Å². The maximum atomic E-state index is 9.98. The molecule has 0 unspecified atom stereocenters. The quantitative estimate of drug-likeness (QED) is 0.714. The molecule has 0 aromatic carbocycles. The van der Waals surface area contributed by atoms with Crippen molar-refractivity contribution < 1.29 is 4.79 Å². The molecule has 10 heavy (non-hydrogen) atoms. The average molecular weight is 219 g/mol. The van der Waals surface area contributed by atoms with E-state index in [2.05, 4.69) is 21.3 Å². The first-order valence-electron chi connectivity index (χ1n) is 2.99. The van der Waals surface area contributed by atoms with Gasteiger partial charge in [-0.25, -0.2) is 0 Å². The summed E-state index contributed by atoms with van der Waals surface area (Å²) in [4.78, 5) is 9.98. The van der Waals surface area contributed by atoms with Crippen molar-refractivity contribution in [1.29, 1.82) is 0 Å². The zero-order valence-corrected chi connectivity index (χ0v) is 7.74. The molecule has 0 atom stereocenters. The number of hydrogen-bond acceptors (Lipinski definition) is 2. The van der Waals surface area contributed by atoms with Crippen LogP contribution in [0.25, 0.3) is 0 Å². The fourth-order valence-corrected chi connectivity index (χ4v) is 1.95. The number of rotatable bonds is 3. The summed E-state index contributed by atoms with van der Waals surface area (Å²) in [5.41, 5.74) is 1.24. The summed E-state index contributed by atoms with van der Waals surface area (Å²) < 4.78 is 1.13. The van der Waals surface area contributed by atoms with Gasteiger partial charge in [-0.15, -0.1) is 11.3 Å². The lowest BCUT2D eigenvalue weighted by atomic mass is 10.2. The minimum absolute atomic E-state index is 0.628. The Kier molecular flexibility index (Phi) is 3.09. The van der Waals surface area contributed by atoms with E-state index in [-0.39, 0.29) is 0 Å². The molecule has 0 fully saturated rings. The predicted octanol–water partition coefficient (Wildman–Crippen LogP) is 2.64. The van der Waals surface area contributed by atoms with Gasteiger partial charge in [-0.1, -0.05) is 0 Å². The van der Waals surface area contributed by atoms with E-state index in [4.69, 9.17) is 0 Å². The summed E-state index contributed by atoms with van der Waals surface area (Å²) in [5.74, 6) is 0. The lowest BCUT2D eigenvalue weighted by Crippen LogP contribution is -1.80. The molecule has 1 rings (SSSR count). The van der Waals surface area contributed by atoms with Crippen LogP contribution in [-0.2, 0) is 11.2 Å². The average Bonchev–Trinajstić information content (AvgIpc) is 2.31. The van der Waals surface area contributed by atoms with Gasteiger partial charge in [0.05, 0.1) is 3.79 Å². The zero-order valence-electron chi connectivity index (χ0n) is 5.34. The van der Waals surface area contributed by atoms with E-state index in [0.29, 0.717) is 6.42 Å². The SMILES string of the molecule is O=CCCc1csc(Br)c1. The van der Waals surface area contributed by atoms with E-state index in [9.17, 15) is 4.79 Å². The number of halogens is 1. The molecule has 0 aliphatic carbocycles. The van der Waals surface area contributed by atoms with Crippen molar-refractivity contribution in [3.63, 3.8) is 0 Å². The van der Waals surface area contributed by atoms with Crippen LogP contribution in [0.5, 0.6) is 0 Å². The lowest BCUT2D eigenvalue weighted by Gasteiger charge is -1.86. The highest BCUT2D eigenvalue weighted by molar-refractivity contribution is 9.11. The first-order chi connectivity index (χ1) is 4.83. The number of carbonyl (C=O) groups is 1. The third-order valence-electron chi connectivity index (χ3n) is 1.17. The van der Waals surface area contributed by atoms with Crippen LogP contribution in [0, 0.1) is 0 Å². The van der Waals surface area contributed by atoms with Gasteiger partial charge in [-0.3, -0.25) is 0 Å². The molecular formula is C7H7BrOS. The highest BCUT2D eigenvalue weighted by Gasteiger charge is 1.94. The predicted molar refractivity (Wildman–Crippen MR) is 46.4 cm³/mol. The first kappa shape index (κ1) is 7.95. The van der Waals surface area contributed by atoms with Gasteiger partial charge in [0, 0.05) is 6.42 Å². The highest BCUT2D eigenvalue weighted by atomic mass is 79.9. The molecule has 0 saturated heterocycles. The number of hydrogen-bond donors (Lipinski definition) is 0. The summed E-state index contributed by atoms with van der Waals surface area (Å²) >= 11 is 5.01. The molecule has 0 saturated carbocycles. The molecule has 1 aromatic heterocycles. The van der Waals surface area contributed by atoms with Crippen molar-refractivity contribution in [2.75, 3.05) is 0 Å². The second-order valence-corrected chi connectivity index (χ2v) is 4.25. The van der Waals surface area contributed by atoms with Crippen LogP contribution >= 0.6 is 27.3 Å². The minimum Gasteiger partial charge on any atom is -0.303 e. The Bertz CT molecular complexity index is 219. The Morgan fingerprint density at radius 3 is 3.00 bits per heavy atom. The molecule has 3 heteroatoms. The normalized spacial score (nSPS) is 9.70. The number of aldehydes is 1. The van der Waals surface area contributed by atoms with E-state index in [1.165, 1.54) is 5.56 Å². The molecule has 0 spiro atoms. The second kappa shape index (κ2) is 3.88. The lowest BCUT2D eigenvalue weighted by molar-refractivity contribution is -0.107. The Morgan fingerprint density at radius 1 is 1.70 bits per heavy atom. The van der Waals surface area contributed by atoms with Gasteiger partial charge in [0.2, 0.25) is 0 Å². The molecule has 54 valence electrons. The molecule has 0 aliphatic heterocycles. The Morgan fingerprint density at radius 2 is 2.50 bits per heavy atom. The van der Waals surface area contributed by atoms with Crippen LogP contribution in [0.1, 0.15) is 12.0 Å². The van der Waals surface area contributed by atoms with Crippen LogP contribution in [0.3, 0.4) is 0 Å². The van der Waals surface area contributed by atoms with Gasteiger partial charge < -0.3 is 4.79 Å². The fourth-order valence-electron chi connectivity index (χ4n) is 0.702. The minimum atomic E-state index is 0.628. The van der Waals surface area contributed by atoms with Gasteiger partial charge >= 0.3 is 0 Å². The van der Waals surface area contributed by atoms with Gasteiger partial charge in [0.25, 0.3) is 0 Å². The molecule has 1 aromatic rings. The monoisotopic (exact) mass is 218 g/mol. The van der Waals surface area contributed by atoms with Crippen molar-refractivity contribution in [2.24, 2.45) is 0 Å². The maximum absolute atomic E-state index is 9.98. The van der Waals surface area contributed by atoms with Gasteiger partial charge in [0.1, 0.15) is 6.29 Å². The highest BCUT2D eigenvalue weighted by Crippen LogP contribution is 2.21. The van der Waals surface area contributed by atoms with Gasteiger partial charge in [-0.2, -0.15) is 0 Å². The maximum Gasteiger partial charge on any atom is 0.120 e. The summed E-state index contributed by atoms with van der Waals surface area (Å²) in [7, 11) is 0. The van der Waals surface area contributed by atoms with E-state index >= 15 is 0 Å². The molecule has 0 bridgehead atoms. The number of aryl methyl sites for hydroxylation is 1. The van der Waals surface area contributed by atoms with Crippen molar-refractivity contribution in [2.45, 2.75) is 12.8 Å². The van der Waals surface area contributed by atoms with Crippen LogP contribution in [-0.4, -0.2) is 6.29 Å². The van der Waals surface area contributed by atoms with Crippen molar-refractivity contribution in [1.82, 2.24) is 0 Å².